The number of aryl methyl sites for hydroxylation is 1. The van der Waals surface area contributed by atoms with Crippen LogP contribution in [0.25, 0.3) is 11.0 Å². The summed E-state index contributed by atoms with van der Waals surface area (Å²) in [7, 11) is -2.37. The normalized spacial score (nSPS) is 16.7. The molecular formula is C25H34ClN3O4S. The van der Waals surface area contributed by atoms with Crippen molar-refractivity contribution in [3.8, 4) is 5.75 Å². The molecule has 2 N–H and O–H groups in total. The highest BCUT2D eigenvalue weighted by molar-refractivity contribution is 7.92. The Morgan fingerprint density at radius 3 is 2.76 bits per heavy atom. The first kappa shape index (κ1) is 26.2. The van der Waals surface area contributed by atoms with Gasteiger partial charge >= 0.3 is 0 Å². The molecule has 7 nitrogen and oxygen atoms in total. The Hall–Kier alpha value is -2.42. The van der Waals surface area contributed by atoms with Gasteiger partial charge < -0.3 is 19.4 Å². The minimum absolute atomic E-state index is 0. The maximum atomic E-state index is 13.1. The highest BCUT2D eigenvalue weighted by atomic mass is 35.5. The van der Waals surface area contributed by atoms with Crippen LogP contribution in [-0.2, 0) is 10.0 Å². The van der Waals surface area contributed by atoms with Gasteiger partial charge in [0.1, 0.15) is 10.6 Å². The summed E-state index contributed by atoms with van der Waals surface area (Å²) in [5.74, 6) is 0.308. The monoisotopic (exact) mass is 507 g/mol. The number of nitrogens with zero attached hydrogens (tertiary/aromatic N) is 1. The molecule has 186 valence electrons. The molecule has 2 heterocycles. The SMILES string of the molecule is COc1ccc(C)cc1S(=O)(=O)Nc1cc(NCCCN2CCCCC2C)c2occc2c1.Cl. The van der Waals surface area contributed by atoms with Crippen molar-refractivity contribution in [3.63, 3.8) is 0 Å². The molecule has 0 bridgehead atoms. The number of sulfonamides is 1. The van der Waals surface area contributed by atoms with E-state index in [0.29, 0.717) is 17.5 Å². The second-order valence-corrected chi connectivity index (χ2v) is 10.4. The average molecular weight is 508 g/mol. The van der Waals surface area contributed by atoms with E-state index < -0.39 is 10.0 Å². The number of benzene rings is 2. The van der Waals surface area contributed by atoms with E-state index in [1.54, 1.807) is 30.5 Å². The lowest BCUT2D eigenvalue weighted by atomic mass is 10.0. The number of piperidine rings is 1. The molecule has 4 rings (SSSR count). The fraction of sp³-hybridized carbons (Fsp3) is 0.440. The third-order valence-corrected chi connectivity index (χ3v) is 7.69. The zero-order valence-corrected chi connectivity index (χ0v) is 21.6. The van der Waals surface area contributed by atoms with Crippen molar-refractivity contribution in [3.05, 3.63) is 48.2 Å². The van der Waals surface area contributed by atoms with Crippen molar-refractivity contribution in [2.75, 3.05) is 36.8 Å². The second-order valence-electron chi connectivity index (χ2n) is 8.78. The molecule has 0 saturated carbocycles. The molecule has 1 atom stereocenters. The molecule has 0 spiro atoms. The van der Waals surface area contributed by atoms with Gasteiger partial charge in [0, 0.05) is 24.5 Å². The molecule has 0 aliphatic carbocycles. The molecule has 9 heteroatoms. The van der Waals surface area contributed by atoms with Gasteiger partial charge in [-0.15, -0.1) is 12.4 Å². The van der Waals surface area contributed by atoms with Gasteiger partial charge in [-0.1, -0.05) is 12.5 Å². The lowest BCUT2D eigenvalue weighted by Crippen LogP contribution is -2.38. The Bertz CT molecular complexity index is 1210. The van der Waals surface area contributed by atoms with Crippen LogP contribution in [-0.4, -0.2) is 46.1 Å². The predicted molar refractivity (Wildman–Crippen MR) is 140 cm³/mol. The first-order chi connectivity index (χ1) is 15.9. The van der Waals surface area contributed by atoms with E-state index in [-0.39, 0.29) is 17.3 Å². The predicted octanol–water partition coefficient (Wildman–Crippen LogP) is 5.65. The summed E-state index contributed by atoms with van der Waals surface area (Å²) in [5, 5.41) is 4.28. The number of nitrogens with one attached hydrogen (secondary N) is 2. The van der Waals surface area contributed by atoms with Crippen molar-refractivity contribution < 1.29 is 17.6 Å². The number of likely N-dealkylation sites (tertiary alicyclic amines) is 1. The highest BCUT2D eigenvalue weighted by Crippen LogP contribution is 2.32. The first-order valence-corrected chi connectivity index (χ1v) is 13.0. The van der Waals surface area contributed by atoms with Gasteiger partial charge in [-0.05, 0) is 75.5 Å². The van der Waals surface area contributed by atoms with Crippen LogP contribution in [0.2, 0.25) is 0 Å². The Labute approximate surface area is 208 Å². The fourth-order valence-electron chi connectivity index (χ4n) is 4.47. The standard InChI is InChI=1S/C25H33N3O4S.ClH/c1-18-8-9-23(31-3)24(15-18)33(29,30)27-21-16-20-10-14-32-25(20)22(17-21)26-11-6-13-28-12-5-4-7-19(28)2;/h8-10,14-17,19,26-27H,4-7,11-13H2,1-3H3;1H. The quantitative estimate of drug-likeness (QED) is 0.364. The fourth-order valence-corrected chi connectivity index (χ4v) is 5.77. The number of hydrogen-bond acceptors (Lipinski definition) is 6. The van der Waals surface area contributed by atoms with Gasteiger partial charge in [0.15, 0.2) is 5.58 Å². The Balaban J connectivity index is 0.00000324. The molecule has 34 heavy (non-hydrogen) atoms. The summed E-state index contributed by atoms with van der Waals surface area (Å²) < 4.78 is 39.9. The third kappa shape index (κ3) is 5.98. The zero-order chi connectivity index (χ0) is 23.4. The lowest BCUT2D eigenvalue weighted by Gasteiger charge is -2.33. The smallest absolute Gasteiger partial charge is 0.265 e. The van der Waals surface area contributed by atoms with E-state index >= 15 is 0 Å². The average Bonchev–Trinajstić information content (AvgIpc) is 3.26. The zero-order valence-electron chi connectivity index (χ0n) is 20.0. The van der Waals surface area contributed by atoms with Crippen LogP contribution in [0.15, 0.2) is 52.0 Å². The topological polar surface area (TPSA) is 83.8 Å². The van der Waals surface area contributed by atoms with E-state index in [0.717, 1.165) is 41.7 Å². The highest BCUT2D eigenvalue weighted by Gasteiger charge is 2.21. The minimum atomic E-state index is -3.83. The van der Waals surface area contributed by atoms with Crippen LogP contribution in [0, 0.1) is 6.92 Å². The summed E-state index contributed by atoms with van der Waals surface area (Å²) >= 11 is 0. The van der Waals surface area contributed by atoms with Crippen molar-refractivity contribution >= 4 is 44.8 Å². The summed E-state index contributed by atoms with van der Waals surface area (Å²) in [5.41, 5.74) is 2.81. The molecule has 2 aromatic carbocycles. The second kappa shape index (κ2) is 11.3. The molecule has 1 saturated heterocycles. The number of methoxy groups -OCH3 is 1. The molecule has 1 aromatic heterocycles. The molecule has 0 radical (unpaired) electrons. The third-order valence-electron chi connectivity index (χ3n) is 6.29. The molecule has 1 aliphatic heterocycles. The molecule has 1 unspecified atom stereocenters. The van der Waals surface area contributed by atoms with Crippen molar-refractivity contribution in [2.24, 2.45) is 0 Å². The van der Waals surface area contributed by atoms with Crippen molar-refractivity contribution in [1.82, 2.24) is 4.90 Å². The van der Waals surface area contributed by atoms with E-state index in [2.05, 4.69) is 21.9 Å². The molecule has 1 fully saturated rings. The molecule has 3 aromatic rings. The molecular weight excluding hydrogens is 474 g/mol. The van der Waals surface area contributed by atoms with Gasteiger partial charge in [-0.3, -0.25) is 4.72 Å². The number of ether oxygens (including phenoxy) is 1. The van der Waals surface area contributed by atoms with Crippen LogP contribution in [0.3, 0.4) is 0 Å². The van der Waals surface area contributed by atoms with Gasteiger partial charge in [-0.25, -0.2) is 8.42 Å². The summed E-state index contributed by atoms with van der Waals surface area (Å²) in [6, 6.07) is 11.1. The minimum Gasteiger partial charge on any atom is -0.495 e. The summed E-state index contributed by atoms with van der Waals surface area (Å²) in [6.45, 7) is 7.15. The van der Waals surface area contributed by atoms with Crippen LogP contribution in [0.5, 0.6) is 5.75 Å². The number of furan rings is 1. The van der Waals surface area contributed by atoms with Crippen molar-refractivity contribution in [1.29, 1.82) is 0 Å². The Kier molecular flexibility index (Phi) is 8.73. The maximum absolute atomic E-state index is 13.1. The van der Waals surface area contributed by atoms with E-state index in [1.807, 2.05) is 19.1 Å². The van der Waals surface area contributed by atoms with Crippen LogP contribution < -0.4 is 14.8 Å². The largest absolute Gasteiger partial charge is 0.495 e. The van der Waals surface area contributed by atoms with Crippen LogP contribution in [0.4, 0.5) is 11.4 Å². The number of anilines is 2. The molecule has 1 aliphatic rings. The number of rotatable bonds is 9. The Morgan fingerprint density at radius 2 is 2.00 bits per heavy atom. The number of fused-ring (bicyclic) bond motifs is 1. The lowest BCUT2D eigenvalue weighted by molar-refractivity contribution is 0.160. The van der Waals surface area contributed by atoms with Gasteiger partial charge in [0.2, 0.25) is 0 Å². The first-order valence-electron chi connectivity index (χ1n) is 11.5. The Morgan fingerprint density at radius 1 is 1.18 bits per heavy atom. The van der Waals surface area contributed by atoms with Gasteiger partial charge in [0.25, 0.3) is 10.0 Å². The van der Waals surface area contributed by atoms with Crippen molar-refractivity contribution in [2.45, 2.75) is 50.5 Å². The van der Waals surface area contributed by atoms with Gasteiger partial charge in [-0.2, -0.15) is 0 Å². The maximum Gasteiger partial charge on any atom is 0.265 e. The van der Waals surface area contributed by atoms with E-state index in [4.69, 9.17) is 9.15 Å². The van der Waals surface area contributed by atoms with Gasteiger partial charge in [0.05, 0.1) is 24.7 Å². The number of halogens is 1. The summed E-state index contributed by atoms with van der Waals surface area (Å²) in [4.78, 5) is 2.66. The molecule has 0 amide bonds. The van der Waals surface area contributed by atoms with E-state index in [1.165, 1.54) is 32.9 Å². The van der Waals surface area contributed by atoms with Crippen LogP contribution >= 0.6 is 12.4 Å². The van der Waals surface area contributed by atoms with E-state index in [9.17, 15) is 8.42 Å². The summed E-state index contributed by atoms with van der Waals surface area (Å²) in [6.07, 6.45) is 6.49. The number of hydrogen-bond donors (Lipinski definition) is 2. The van der Waals surface area contributed by atoms with Crippen LogP contribution in [0.1, 0.15) is 38.2 Å².